The van der Waals surface area contributed by atoms with E-state index in [1.165, 1.54) is 0 Å². The maximum Gasteiger partial charge on any atom is 0.332 e. The zero-order valence-electron chi connectivity index (χ0n) is 13.1. The summed E-state index contributed by atoms with van der Waals surface area (Å²) in [5, 5.41) is 5.84. The van der Waals surface area contributed by atoms with Crippen molar-refractivity contribution in [3.63, 3.8) is 0 Å². The molecule has 0 fully saturated rings. The fourth-order valence-corrected chi connectivity index (χ4v) is 1.46. The average molecular weight is 445 g/mol. The lowest BCUT2D eigenvalue weighted by molar-refractivity contribution is -0.163. The normalized spacial score (nSPS) is 15.0. The molecule has 0 aromatic rings. The molecule has 0 saturated carbocycles. The van der Waals surface area contributed by atoms with Crippen LogP contribution in [0.1, 0.15) is 12.8 Å². The van der Waals surface area contributed by atoms with Crippen LogP contribution in [-0.4, -0.2) is 64.7 Å². The van der Waals surface area contributed by atoms with Crippen LogP contribution in [0.25, 0.3) is 0 Å². The molecular weight excluding hydrogens is 432 g/mol. The fourth-order valence-electron chi connectivity index (χ4n) is 1.21. The minimum absolute atomic E-state index is 0.799. The van der Waals surface area contributed by atoms with Gasteiger partial charge in [-0.25, -0.2) is 26.3 Å². The molecule has 0 aromatic heterocycles. The predicted octanol–water partition coefficient (Wildman–Crippen LogP) is 1.97. The molecule has 0 aliphatic rings. The number of carbonyl (C=O) groups excluding carboxylic acids is 3. The van der Waals surface area contributed by atoms with E-state index in [0.717, 1.165) is 0 Å². The Morgan fingerprint density at radius 1 is 0.889 bits per heavy atom. The molecule has 2 atom stereocenters. The zero-order chi connectivity index (χ0) is 21.4. The number of rotatable bonds is 9. The summed E-state index contributed by atoms with van der Waals surface area (Å²) in [4.78, 5) is 33.9. The third kappa shape index (κ3) is 7.86. The maximum atomic E-state index is 12.9. The van der Waals surface area contributed by atoms with Crippen molar-refractivity contribution in [3.8, 4) is 0 Å². The highest BCUT2D eigenvalue weighted by Crippen LogP contribution is 2.26. The Morgan fingerprint density at radius 3 is 1.67 bits per heavy atom. The molecular formula is C12H13F6NO6S2. The quantitative estimate of drug-likeness (QED) is 0.0733. The van der Waals surface area contributed by atoms with E-state index in [4.69, 9.17) is 5.21 Å². The van der Waals surface area contributed by atoms with Crippen molar-refractivity contribution in [2.24, 2.45) is 5.16 Å². The van der Waals surface area contributed by atoms with Crippen molar-refractivity contribution >= 4 is 49.1 Å². The molecule has 2 unspecified atom stereocenters. The summed E-state index contributed by atoms with van der Waals surface area (Å²) in [7, 11) is 0. The van der Waals surface area contributed by atoms with Gasteiger partial charge < -0.3 is 14.7 Å². The van der Waals surface area contributed by atoms with Crippen molar-refractivity contribution in [1.82, 2.24) is 0 Å². The second-order valence-electron chi connectivity index (χ2n) is 4.80. The summed E-state index contributed by atoms with van der Waals surface area (Å²) in [6, 6.07) is 0. The van der Waals surface area contributed by atoms with E-state index in [2.05, 4.69) is 39.9 Å². The highest BCUT2D eigenvalue weighted by Gasteiger charge is 2.45. The van der Waals surface area contributed by atoms with E-state index in [1.54, 1.807) is 0 Å². The molecule has 0 saturated heterocycles. The van der Waals surface area contributed by atoms with Crippen LogP contribution < -0.4 is 0 Å². The largest absolute Gasteiger partial charge is 0.408 e. The number of hydrogen-bond donors (Lipinski definition) is 3. The van der Waals surface area contributed by atoms with Crippen LogP contribution in [-0.2, 0) is 23.9 Å². The Bertz CT molecular complexity index is 591. The molecule has 156 valence electrons. The van der Waals surface area contributed by atoms with Gasteiger partial charge in [0.05, 0.1) is 6.42 Å². The van der Waals surface area contributed by atoms with Gasteiger partial charge in [0.2, 0.25) is 5.90 Å². The van der Waals surface area contributed by atoms with E-state index < -0.39 is 72.3 Å². The first-order chi connectivity index (χ1) is 12.3. The van der Waals surface area contributed by atoms with Crippen LogP contribution >= 0.6 is 25.3 Å². The number of alkyl halides is 6. The lowest BCUT2D eigenvalue weighted by Gasteiger charge is -2.18. The lowest BCUT2D eigenvalue weighted by atomic mass is 10.2. The minimum atomic E-state index is -4.20. The smallest absolute Gasteiger partial charge is 0.332 e. The summed E-state index contributed by atoms with van der Waals surface area (Å²) >= 11 is 6.30. The molecule has 0 spiro atoms. The molecule has 0 aliphatic heterocycles. The Balaban J connectivity index is 4.66. The summed E-state index contributed by atoms with van der Waals surface area (Å²) < 4.78 is 84.0. The Morgan fingerprint density at radius 2 is 1.30 bits per heavy atom. The topological polar surface area (TPSA) is 102 Å². The second-order valence-corrected chi connectivity index (χ2v) is 5.84. The summed E-state index contributed by atoms with van der Waals surface area (Å²) in [5.41, 5.74) is 0. The molecule has 0 amide bonds. The van der Waals surface area contributed by atoms with Gasteiger partial charge in [0.1, 0.15) is 0 Å². The minimum Gasteiger partial charge on any atom is -0.408 e. The van der Waals surface area contributed by atoms with Gasteiger partial charge in [0, 0.05) is 6.42 Å². The fraction of sp³-hybridized carbons (Fsp3) is 0.667. The predicted molar refractivity (Wildman–Crippen MR) is 83.0 cm³/mol. The molecule has 0 aliphatic carbocycles. The van der Waals surface area contributed by atoms with E-state index in [-0.39, 0.29) is 0 Å². The molecule has 0 rings (SSSR count). The monoisotopic (exact) mass is 445 g/mol. The standard InChI is InChI=1S/C12H13F6NO6S2/c13-3-11(15,16)7(26)9(21)24-5(19-23)1-2-6(20)25-10(22)8(27)12(17,18)4-14/h7-8,23,26-27H,1-4H2/b19-5-. The number of esters is 3. The van der Waals surface area contributed by atoms with Gasteiger partial charge in [0.15, 0.2) is 23.8 Å². The number of ether oxygens (including phenoxy) is 2. The summed E-state index contributed by atoms with van der Waals surface area (Å²) in [6.45, 7) is -4.47. The number of nitrogens with zero attached hydrogens (tertiary/aromatic N) is 1. The first kappa shape index (κ1) is 25.4. The van der Waals surface area contributed by atoms with Crippen molar-refractivity contribution < 1.29 is 55.4 Å². The molecule has 1 N–H and O–H groups in total. The molecule has 27 heavy (non-hydrogen) atoms. The number of carbonyl (C=O) groups is 3. The first-order valence-corrected chi connectivity index (χ1v) is 7.76. The summed E-state index contributed by atoms with van der Waals surface area (Å²) in [6.07, 6.45) is -1.69. The molecule has 0 heterocycles. The van der Waals surface area contributed by atoms with Crippen LogP contribution in [0, 0.1) is 0 Å². The van der Waals surface area contributed by atoms with Crippen LogP contribution in [0.5, 0.6) is 0 Å². The van der Waals surface area contributed by atoms with Crippen LogP contribution in [0.2, 0.25) is 0 Å². The van der Waals surface area contributed by atoms with Crippen molar-refractivity contribution in [3.05, 3.63) is 0 Å². The number of hydrogen-bond acceptors (Lipinski definition) is 9. The van der Waals surface area contributed by atoms with Gasteiger partial charge >= 0.3 is 17.9 Å². The van der Waals surface area contributed by atoms with E-state index in [9.17, 15) is 40.7 Å². The van der Waals surface area contributed by atoms with Gasteiger partial charge in [-0.15, -0.1) is 0 Å². The third-order valence-corrected chi connectivity index (χ3v) is 3.87. The van der Waals surface area contributed by atoms with Crippen LogP contribution in [0.4, 0.5) is 26.3 Å². The molecule has 0 bridgehead atoms. The van der Waals surface area contributed by atoms with E-state index in [1.807, 2.05) is 0 Å². The van der Waals surface area contributed by atoms with Crippen molar-refractivity contribution in [2.45, 2.75) is 35.2 Å². The second kappa shape index (κ2) is 10.6. The van der Waals surface area contributed by atoms with Gasteiger partial charge in [-0.1, -0.05) is 5.16 Å². The van der Waals surface area contributed by atoms with Crippen molar-refractivity contribution in [2.75, 3.05) is 13.3 Å². The van der Waals surface area contributed by atoms with Crippen molar-refractivity contribution in [1.29, 1.82) is 0 Å². The molecule has 15 heteroatoms. The maximum absolute atomic E-state index is 12.9. The van der Waals surface area contributed by atoms with Gasteiger partial charge in [-0.2, -0.15) is 25.3 Å². The molecule has 0 aromatic carbocycles. The Labute approximate surface area is 158 Å². The first-order valence-electron chi connectivity index (χ1n) is 6.73. The van der Waals surface area contributed by atoms with Crippen LogP contribution in [0.15, 0.2) is 5.16 Å². The molecule has 7 nitrogen and oxygen atoms in total. The lowest BCUT2D eigenvalue weighted by Crippen LogP contribution is -2.40. The molecule has 0 radical (unpaired) electrons. The van der Waals surface area contributed by atoms with E-state index >= 15 is 0 Å². The Hall–Kier alpha value is -1.64. The number of thiol groups is 2. The number of oxime groups is 1. The average Bonchev–Trinajstić information content (AvgIpc) is 2.63. The highest BCUT2D eigenvalue weighted by molar-refractivity contribution is 7.82. The zero-order valence-corrected chi connectivity index (χ0v) is 14.9. The van der Waals surface area contributed by atoms with Gasteiger partial charge in [0.25, 0.3) is 11.8 Å². The SMILES string of the molecule is O=C(CC/C(=N/O)OC(=O)C(S)C(F)(F)CF)OC(=O)C(S)C(F)(F)CF. The third-order valence-electron chi connectivity index (χ3n) is 2.69. The van der Waals surface area contributed by atoms with Crippen LogP contribution in [0.3, 0.4) is 0 Å². The van der Waals surface area contributed by atoms with E-state index in [0.29, 0.717) is 0 Å². The number of halogens is 6. The van der Waals surface area contributed by atoms with Gasteiger partial charge in [-0.05, 0) is 0 Å². The van der Waals surface area contributed by atoms with Gasteiger partial charge in [-0.3, -0.25) is 14.4 Å². The summed E-state index contributed by atoms with van der Waals surface area (Å²) in [5.74, 6) is -14.6. The highest BCUT2D eigenvalue weighted by atomic mass is 32.1. The Kier molecular flexibility index (Phi) is 9.99.